The van der Waals surface area contributed by atoms with Crippen LogP contribution in [0.25, 0.3) is 9.53 Å². The Hall–Kier alpha value is -2.65. The van der Waals surface area contributed by atoms with Gasteiger partial charge in [-0.05, 0) is 37.6 Å². The number of carbonyl (C=O) groups excluding carboxylic acids is 2. The number of ether oxygens (including phenoxy) is 2. The molecule has 0 aliphatic heterocycles. The van der Waals surface area contributed by atoms with Gasteiger partial charge in [-0.25, -0.2) is 9.78 Å². The highest BCUT2D eigenvalue weighted by Gasteiger charge is 2.17. The minimum Gasteiger partial charge on any atom is -0.496 e. The van der Waals surface area contributed by atoms with Crippen LogP contribution in [0.3, 0.4) is 0 Å². The molecular formula is C20H23N3O4S2. The predicted octanol–water partition coefficient (Wildman–Crippen LogP) is 3.93. The van der Waals surface area contributed by atoms with Crippen LogP contribution in [-0.2, 0) is 11.3 Å². The van der Waals surface area contributed by atoms with Gasteiger partial charge in [0, 0.05) is 19.6 Å². The first-order valence-electron chi connectivity index (χ1n) is 9.19. The number of thiophene rings is 1. The number of thiazole rings is 1. The van der Waals surface area contributed by atoms with Gasteiger partial charge in [-0.1, -0.05) is 17.4 Å². The van der Waals surface area contributed by atoms with E-state index in [2.05, 4.69) is 29.0 Å². The number of fused-ring (bicyclic) bond motifs is 1. The molecule has 1 N–H and O–H groups in total. The normalized spacial score (nSPS) is 10.8. The Kier molecular flexibility index (Phi) is 6.71. The van der Waals surface area contributed by atoms with E-state index < -0.39 is 5.97 Å². The van der Waals surface area contributed by atoms with E-state index in [1.165, 1.54) is 25.6 Å². The van der Waals surface area contributed by atoms with Gasteiger partial charge in [0.25, 0.3) is 5.91 Å². The second-order valence-corrected chi connectivity index (χ2v) is 8.20. The Morgan fingerprint density at radius 1 is 1.14 bits per heavy atom. The molecule has 0 radical (unpaired) electrons. The van der Waals surface area contributed by atoms with E-state index in [4.69, 9.17) is 9.47 Å². The van der Waals surface area contributed by atoms with Crippen LogP contribution in [0, 0.1) is 0 Å². The smallest absolute Gasteiger partial charge is 0.341 e. The van der Waals surface area contributed by atoms with Gasteiger partial charge in [0.2, 0.25) is 0 Å². The van der Waals surface area contributed by atoms with E-state index in [1.807, 2.05) is 6.07 Å². The molecule has 0 atom stereocenters. The highest BCUT2D eigenvalue weighted by Crippen LogP contribution is 2.34. The van der Waals surface area contributed by atoms with Gasteiger partial charge in [0.15, 0.2) is 5.13 Å². The predicted molar refractivity (Wildman–Crippen MR) is 117 cm³/mol. The number of amides is 1. The fourth-order valence-electron chi connectivity index (χ4n) is 2.87. The average molecular weight is 434 g/mol. The number of carbonyl (C=O) groups is 2. The Balaban J connectivity index is 1.70. The molecule has 0 fully saturated rings. The summed E-state index contributed by atoms with van der Waals surface area (Å²) in [5.74, 6) is -0.218. The maximum Gasteiger partial charge on any atom is 0.341 e. The summed E-state index contributed by atoms with van der Waals surface area (Å²) in [5, 5.41) is 3.88. The van der Waals surface area contributed by atoms with Crippen LogP contribution in [0.2, 0.25) is 0 Å². The molecule has 2 heterocycles. The molecule has 1 aromatic carbocycles. The lowest BCUT2D eigenvalue weighted by Gasteiger charge is -2.16. The van der Waals surface area contributed by atoms with Crippen molar-refractivity contribution < 1.29 is 19.1 Å². The largest absolute Gasteiger partial charge is 0.496 e. The summed E-state index contributed by atoms with van der Waals surface area (Å²) >= 11 is 2.98. The minimum atomic E-state index is -0.483. The van der Waals surface area contributed by atoms with Gasteiger partial charge in [0.1, 0.15) is 16.1 Å². The van der Waals surface area contributed by atoms with Gasteiger partial charge < -0.3 is 19.7 Å². The van der Waals surface area contributed by atoms with Crippen molar-refractivity contribution in [1.82, 2.24) is 10.3 Å². The van der Waals surface area contributed by atoms with Crippen molar-refractivity contribution in [2.75, 3.05) is 32.2 Å². The lowest BCUT2D eigenvalue weighted by Crippen LogP contribution is -2.22. The van der Waals surface area contributed by atoms with Crippen molar-refractivity contribution in [3.63, 3.8) is 0 Å². The molecule has 0 saturated carbocycles. The molecule has 3 aromatic rings. The summed E-state index contributed by atoms with van der Waals surface area (Å²) in [6, 6.07) is 7.04. The van der Waals surface area contributed by atoms with Gasteiger partial charge in [0.05, 0.1) is 23.8 Å². The quantitative estimate of drug-likeness (QED) is 0.542. The topological polar surface area (TPSA) is 80.8 Å². The summed E-state index contributed by atoms with van der Waals surface area (Å²) in [4.78, 5) is 32.8. The molecule has 2 aromatic heterocycles. The standard InChI is InChI=1S/C20H23N3O4S2/c1-5-23(6-2)20-22-18-16(29-20)10-15(28-18)17(24)21-11-12-7-8-14(26-3)13(9-12)19(25)27-4/h7-10H,5-6,11H2,1-4H3,(H,21,24). The van der Waals surface area contributed by atoms with Crippen LogP contribution >= 0.6 is 22.7 Å². The van der Waals surface area contributed by atoms with Crippen molar-refractivity contribution in [3.8, 4) is 5.75 Å². The molecule has 0 bridgehead atoms. The molecule has 9 heteroatoms. The maximum absolute atomic E-state index is 12.6. The fraction of sp³-hybridized carbons (Fsp3) is 0.350. The fourth-order valence-corrected chi connectivity index (χ4v) is 5.12. The molecule has 154 valence electrons. The monoisotopic (exact) mass is 433 g/mol. The summed E-state index contributed by atoms with van der Waals surface area (Å²) in [6.45, 7) is 6.29. The van der Waals surface area contributed by atoms with Crippen LogP contribution in [0.1, 0.15) is 39.4 Å². The molecular weight excluding hydrogens is 410 g/mol. The third kappa shape index (κ3) is 4.51. The Morgan fingerprint density at radius 3 is 2.52 bits per heavy atom. The highest BCUT2D eigenvalue weighted by atomic mass is 32.1. The van der Waals surface area contributed by atoms with E-state index in [1.54, 1.807) is 29.5 Å². The first-order valence-corrected chi connectivity index (χ1v) is 10.8. The molecule has 7 nitrogen and oxygen atoms in total. The highest BCUT2D eigenvalue weighted by molar-refractivity contribution is 7.29. The SMILES string of the molecule is CCN(CC)c1nc2sc(C(=O)NCc3ccc(OC)c(C(=O)OC)c3)cc2s1. The van der Waals surface area contributed by atoms with Gasteiger partial charge >= 0.3 is 5.97 Å². The number of aromatic nitrogens is 1. The van der Waals surface area contributed by atoms with Crippen LogP contribution < -0.4 is 15.0 Å². The first kappa shape index (κ1) is 21.1. The number of rotatable bonds is 8. The summed E-state index contributed by atoms with van der Waals surface area (Å²) in [6.07, 6.45) is 0. The second kappa shape index (κ2) is 9.23. The number of hydrogen-bond donors (Lipinski definition) is 1. The zero-order chi connectivity index (χ0) is 21.0. The minimum absolute atomic E-state index is 0.167. The molecule has 0 aliphatic carbocycles. The number of nitrogens with zero attached hydrogens (tertiary/aromatic N) is 2. The zero-order valence-corrected chi connectivity index (χ0v) is 18.4. The number of esters is 1. The van der Waals surface area contributed by atoms with E-state index in [-0.39, 0.29) is 12.5 Å². The number of nitrogens with one attached hydrogen (secondary N) is 1. The number of methoxy groups -OCH3 is 2. The van der Waals surface area contributed by atoms with E-state index in [0.717, 1.165) is 33.3 Å². The van der Waals surface area contributed by atoms with Crippen LogP contribution in [0.4, 0.5) is 5.13 Å². The van der Waals surface area contributed by atoms with Crippen molar-refractivity contribution in [3.05, 3.63) is 40.3 Å². The summed E-state index contributed by atoms with van der Waals surface area (Å²) in [5.41, 5.74) is 1.10. The van der Waals surface area contributed by atoms with Crippen LogP contribution in [0.15, 0.2) is 24.3 Å². The van der Waals surface area contributed by atoms with E-state index >= 15 is 0 Å². The molecule has 1 amide bonds. The zero-order valence-electron chi connectivity index (χ0n) is 16.8. The van der Waals surface area contributed by atoms with Crippen molar-refractivity contribution >= 4 is 49.2 Å². The van der Waals surface area contributed by atoms with Crippen molar-refractivity contribution in [2.24, 2.45) is 0 Å². The lowest BCUT2D eigenvalue weighted by atomic mass is 10.1. The summed E-state index contributed by atoms with van der Waals surface area (Å²) in [7, 11) is 2.81. The molecule has 0 aliphatic rings. The number of benzene rings is 1. The van der Waals surface area contributed by atoms with Gasteiger partial charge in [-0.15, -0.1) is 11.3 Å². The summed E-state index contributed by atoms with van der Waals surface area (Å²) < 4.78 is 11.0. The van der Waals surface area contributed by atoms with Crippen molar-refractivity contribution in [2.45, 2.75) is 20.4 Å². The number of anilines is 1. The molecule has 0 unspecified atom stereocenters. The van der Waals surface area contributed by atoms with E-state index in [9.17, 15) is 9.59 Å². The van der Waals surface area contributed by atoms with E-state index in [0.29, 0.717) is 16.2 Å². The van der Waals surface area contributed by atoms with Crippen molar-refractivity contribution in [1.29, 1.82) is 0 Å². The molecule has 29 heavy (non-hydrogen) atoms. The van der Waals surface area contributed by atoms with Gasteiger partial charge in [-0.3, -0.25) is 4.79 Å². The van der Waals surface area contributed by atoms with Crippen LogP contribution in [-0.4, -0.2) is 44.2 Å². The Morgan fingerprint density at radius 2 is 1.90 bits per heavy atom. The third-order valence-electron chi connectivity index (χ3n) is 4.46. The van der Waals surface area contributed by atoms with Crippen LogP contribution in [0.5, 0.6) is 5.75 Å². The molecule has 3 rings (SSSR count). The Labute approximate surface area is 177 Å². The maximum atomic E-state index is 12.6. The average Bonchev–Trinajstić information content (AvgIpc) is 3.31. The number of hydrogen-bond acceptors (Lipinski definition) is 8. The second-order valence-electron chi connectivity index (χ2n) is 6.16. The molecule has 0 spiro atoms. The molecule has 0 saturated heterocycles. The third-order valence-corrected chi connectivity index (χ3v) is 6.68. The first-order chi connectivity index (χ1) is 14.0. The lowest BCUT2D eigenvalue weighted by molar-refractivity contribution is 0.0597. The van der Waals surface area contributed by atoms with Gasteiger partial charge in [-0.2, -0.15) is 0 Å². The Bertz CT molecular complexity index is 993.